The highest BCUT2D eigenvalue weighted by atomic mass is 19.1. The van der Waals surface area contributed by atoms with E-state index in [-0.39, 0.29) is 17.3 Å². The van der Waals surface area contributed by atoms with E-state index in [1.807, 2.05) is 32.0 Å². The average molecular weight is 512 g/mol. The van der Waals surface area contributed by atoms with Crippen molar-refractivity contribution in [3.8, 4) is 22.6 Å². The van der Waals surface area contributed by atoms with Crippen LogP contribution in [0.4, 0.5) is 4.39 Å². The highest BCUT2D eigenvalue weighted by molar-refractivity contribution is 5.84. The van der Waals surface area contributed by atoms with Crippen molar-refractivity contribution in [2.24, 2.45) is 11.1 Å². The third kappa shape index (κ3) is 5.23. The van der Waals surface area contributed by atoms with E-state index in [1.165, 1.54) is 6.07 Å². The zero-order valence-electron chi connectivity index (χ0n) is 21.4. The lowest BCUT2D eigenvalue weighted by Gasteiger charge is -2.45. The molecule has 37 heavy (non-hydrogen) atoms. The van der Waals surface area contributed by atoms with E-state index in [9.17, 15) is 14.3 Å². The number of oxime groups is 1. The van der Waals surface area contributed by atoms with Crippen molar-refractivity contribution in [1.29, 1.82) is 0 Å². The van der Waals surface area contributed by atoms with E-state index in [1.54, 1.807) is 12.1 Å². The molecule has 2 aromatic carbocycles. The zero-order valence-corrected chi connectivity index (χ0v) is 21.4. The number of likely N-dealkylation sites (tertiary alicyclic amines) is 2. The Kier molecular flexibility index (Phi) is 7.24. The molecule has 198 valence electrons. The first kappa shape index (κ1) is 25.3. The van der Waals surface area contributed by atoms with Crippen molar-refractivity contribution in [3.63, 3.8) is 0 Å². The van der Waals surface area contributed by atoms with Crippen LogP contribution in [0.5, 0.6) is 11.5 Å². The molecule has 0 saturated carbocycles. The van der Waals surface area contributed by atoms with E-state index < -0.39 is 5.97 Å². The summed E-state index contributed by atoms with van der Waals surface area (Å²) in [4.78, 5) is 21.6. The molecule has 2 aromatic rings. The van der Waals surface area contributed by atoms with Crippen molar-refractivity contribution in [2.75, 3.05) is 39.4 Å². The monoisotopic (exact) mass is 511 g/mol. The summed E-state index contributed by atoms with van der Waals surface area (Å²) in [6, 6.07) is 10.6. The van der Waals surface area contributed by atoms with Gasteiger partial charge in [-0.3, -0.25) is 9.69 Å². The van der Waals surface area contributed by atoms with Crippen LogP contribution in [0.25, 0.3) is 11.1 Å². The van der Waals surface area contributed by atoms with Crippen molar-refractivity contribution < 1.29 is 28.6 Å². The van der Waals surface area contributed by atoms with Crippen LogP contribution in [-0.4, -0.2) is 71.7 Å². The van der Waals surface area contributed by atoms with Gasteiger partial charge in [-0.25, -0.2) is 4.39 Å². The standard InChI is InChI=1S/C28H34FN3O5/c1-3-35-23-13-19(14-24(36-4-2)26(23)21-7-5-6-8-22(21)29)16-31-17-28(18-31)15-25(30-37-28)32-11-9-20(10-12-32)27(33)34/h5-8,13-14,20H,3-4,9-12,15-18H2,1-2H3,(H,33,34). The summed E-state index contributed by atoms with van der Waals surface area (Å²) in [5.41, 5.74) is 1.80. The molecule has 0 radical (unpaired) electrons. The largest absolute Gasteiger partial charge is 0.493 e. The number of hydrogen-bond acceptors (Lipinski definition) is 7. The van der Waals surface area contributed by atoms with Gasteiger partial charge in [-0.1, -0.05) is 23.4 Å². The van der Waals surface area contributed by atoms with Gasteiger partial charge in [0.15, 0.2) is 5.60 Å². The van der Waals surface area contributed by atoms with Gasteiger partial charge in [-0.2, -0.15) is 0 Å². The summed E-state index contributed by atoms with van der Waals surface area (Å²) in [7, 11) is 0. The maximum atomic E-state index is 14.7. The van der Waals surface area contributed by atoms with Crippen LogP contribution in [-0.2, 0) is 16.2 Å². The number of piperidine rings is 1. The highest BCUT2D eigenvalue weighted by Gasteiger charge is 2.50. The maximum absolute atomic E-state index is 14.7. The Labute approximate surface area is 216 Å². The molecule has 0 unspecified atom stereocenters. The van der Waals surface area contributed by atoms with Gasteiger partial charge in [-0.15, -0.1) is 0 Å². The van der Waals surface area contributed by atoms with Gasteiger partial charge in [0.25, 0.3) is 0 Å². The maximum Gasteiger partial charge on any atom is 0.306 e. The molecule has 2 fully saturated rings. The highest BCUT2D eigenvalue weighted by Crippen LogP contribution is 2.42. The topological polar surface area (TPSA) is 83.8 Å². The lowest BCUT2D eigenvalue weighted by molar-refractivity contribution is -0.143. The van der Waals surface area contributed by atoms with Crippen LogP contribution in [0, 0.1) is 11.7 Å². The first-order valence-corrected chi connectivity index (χ1v) is 13.0. The normalized spacial score (nSPS) is 19.3. The summed E-state index contributed by atoms with van der Waals surface area (Å²) in [6.07, 6.45) is 2.02. The molecule has 1 N–H and O–H groups in total. The van der Waals surface area contributed by atoms with Crippen molar-refractivity contribution in [1.82, 2.24) is 9.80 Å². The Hall–Kier alpha value is -3.33. The van der Waals surface area contributed by atoms with Crippen LogP contribution in [0.1, 0.15) is 38.7 Å². The number of ether oxygens (including phenoxy) is 2. The molecule has 0 amide bonds. The quantitative estimate of drug-likeness (QED) is 0.563. The molecular formula is C28H34FN3O5. The summed E-state index contributed by atoms with van der Waals surface area (Å²) in [6.45, 7) is 8.32. The smallest absolute Gasteiger partial charge is 0.306 e. The minimum absolute atomic E-state index is 0.264. The number of carbonyl (C=O) groups is 1. The van der Waals surface area contributed by atoms with Crippen molar-refractivity contribution in [3.05, 3.63) is 47.8 Å². The Morgan fingerprint density at radius 1 is 1.14 bits per heavy atom. The van der Waals surface area contributed by atoms with E-state index in [0.29, 0.717) is 68.3 Å². The number of aliphatic carboxylic acids is 1. The molecule has 1 spiro atoms. The van der Waals surface area contributed by atoms with Gasteiger partial charge in [0, 0.05) is 38.3 Å². The van der Waals surface area contributed by atoms with Crippen LogP contribution < -0.4 is 9.47 Å². The van der Waals surface area contributed by atoms with E-state index in [0.717, 1.165) is 30.9 Å². The number of halogens is 1. The molecule has 0 aliphatic carbocycles. The minimum atomic E-state index is -0.711. The fourth-order valence-electron chi connectivity index (χ4n) is 5.57. The molecule has 3 heterocycles. The fourth-order valence-corrected chi connectivity index (χ4v) is 5.57. The molecule has 9 heteroatoms. The lowest BCUT2D eigenvalue weighted by atomic mass is 9.88. The van der Waals surface area contributed by atoms with Crippen molar-refractivity contribution in [2.45, 2.75) is 45.3 Å². The number of carboxylic acid groups (broad SMARTS) is 1. The second-order valence-corrected chi connectivity index (χ2v) is 10.0. The Morgan fingerprint density at radius 3 is 2.38 bits per heavy atom. The number of amidine groups is 1. The van der Waals surface area contributed by atoms with Crippen LogP contribution in [0.15, 0.2) is 41.6 Å². The Bertz CT molecular complexity index is 1150. The van der Waals surface area contributed by atoms with E-state index in [4.69, 9.17) is 14.3 Å². The van der Waals surface area contributed by atoms with Gasteiger partial charge in [0.2, 0.25) is 0 Å². The molecule has 2 saturated heterocycles. The van der Waals surface area contributed by atoms with Crippen LogP contribution in [0.3, 0.4) is 0 Å². The van der Waals surface area contributed by atoms with Gasteiger partial charge < -0.3 is 24.3 Å². The number of carboxylic acids is 1. The summed E-state index contributed by atoms with van der Waals surface area (Å²) in [5.74, 6) is 0.850. The summed E-state index contributed by atoms with van der Waals surface area (Å²) in [5, 5.41) is 13.6. The Balaban J connectivity index is 1.25. The van der Waals surface area contributed by atoms with Crippen molar-refractivity contribution >= 4 is 11.8 Å². The second-order valence-electron chi connectivity index (χ2n) is 10.0. The van der Waals surface area contributed by atoms with Crippen LogP contribution in [0.2, 0.25) is 0 Å². The van der Waals surface area contributed by atoms with Gasteiger partial charge in [0.05, 0.1) is 31.1 Å². The van der Waals surface area contributed by atoms with Gasteiger partial charge in [0.1, 0.15) is 23.2 Å². The Morgan fingerprint density at radius 2 is 1.78 bits per heavy atom. The lowest BCUT2D eigenvalue weighted by Crippen LogP contribution is -2.61. The molecule has 3 aliphatic rings. The van der Waals surface area contributed by atoms with E-state index >= 15 is 0 Å². The minimum Gasteiger partial charge on any atom is -0.493 e. The zero-order chi connectivity index (χ0) is 26.0. The molecule has 0 bridgehead atoms. The molecular weight excluding hydrogens is 477 g/mol. The second kappa shape index (κ2) is 10.6. The molecule has 5 rings (SSSR count). The first-order chi connectivity index (χ1) is 17.9. The third-order valence-corrected chi connectivity index (χ3v) is 7.33. The van der Waals surface area contributed by atoms with E-state index in [2.05, 4.69) is 15.0 Å². The summed E-state index contributed by atoms with van der Waals surface area (Å²) < 4.78 is 26.6. The molecule has 8 nitrogen and oxygen atoms in total. The number of hydrogen-bond donors (Lipinski definition) is 1. The number of rotatable bonds is 8. The summed E-state index contributed by atoms with van der Waals surface area (Å²) >= 11 is 0. The molecule has 0 atom stereocenters. The number of nitrogens with zero attached hydrogens (tertiary/aromatic N) is 3. The van der Waals surface area contributed by atoms with Gasteiger partial charge >= 0.3 is 5.97 Å². The SMILES string of the molecule is CCOc1cc(CN2CC3(CC(N4CCC(C(=O)O)CC4)=NO3)C2)cc(OCC)c1-c1ccccc1F. The first-order valence-electron chi connectivity index (χ1n) is 13.0. The molecule has 3 aliphatic heterocycles. The molecule has 0 aromatic heterocycles. The predicted octanol–water partition coefficient (Wildman–Crippen LogP) is 4.37. The number of benzene rings is 2. The fraction of sp³-hybridized carbons (Fsp3) is 0.500. The predicted molar refractivity (Wildman–Crippen MR) is 137 cm³/mol. The van der Waals surface area contributed by atoms with Gasteiger partial charge in [-0.05, 0) is 50.5 Å². The average Bonchev–Trinajstić information content (AvgIpc) is 3.31. The third-order valence-electron chi connectivity index (χ3n) is 7.33. The van der Waals surface area contributed by atoms with Crippen LogP contribution >= 0.6 is 0 Å².